The van der Waals surface area contributed by atoms with Crippen molar-refractivity contribution in [2.24, 2.45) is 0 Å². The van der Waals surface area contributed by atoms with Crippen LogP contribution >= 0.6 is 0 Å². The lowest BCUT2D eigenvalue weighted by Gasteiger charge is -2.33. The highest BCUT2D eigenvalue weighted by Crippen LogP contribution is 2.43. The van der Waals surface area contributed by atoms with Crippen LogP contribution in [-0.2, 0) is 0 Å². The van der Waals surface area contributed by atoms with Crippen LogP contribution < -0.4 is 19.5 Å². The maximum atomic E-state index is 10.7. The van der Waals surface area contributed by atoms with Crippen LogP contribution in [0.1, 0.15) is 32.6 Å². The first-order valence-electron chi connectivity index (χ1n) is 12.4. The zero-order valence-corrected chi connectivity index (χ0v) is 20.4. The third-order valence-corrected chi connectivity index (χ3v) is 6.88. The Morgan fingerprint density at radius 1 is 1.11 bits per heavy atom. The number of rotatable bonds is 8. The minimum atomic E-state index is 0.122. The molecule has 35 heavy (non-hydrogen) atoms. The minimum absolute atomic E-state index is 0.122. The van der Waals surface area contributed by atoms with E-state index in [1.54, 1.807) is 13.2 Å². The number of anilines is 1. The monoisotopic (exact) mass is 475 g/mol. The average Bonchev–Trinajstić information content (AvgIpc) is 3.36. The van der Waals surface area contributed by atoms with Crippen LogP contribution in [0.4, 0.5) is 5.82 Å². The number of phenolic OH excluding ortho intramolecular Hbond substituents is 1. The van der Waals surface area contributed by atoms with E-state index in [1.807, 2.05) is 42.5 Å². The summed E-state index contributed by atoms with van der Waals surface area (Å²) >= 11 is 0. The Bertz CT molecular complexity index is 1180. The van der Waals surface area contributed by atoms with E-state index in [4.69, 9.17) is 19.2 Å². The normalized spacial score (nSPS) is 17.4. The summed E-state index contributed by atoms with van der Waals surface area (Å²) in [6, 6.07) is 15.8. The van der Waals surface area contributed by atoms with Crippen LogP contribution in [-0.4, -0.2) is 54.6 Å². The van der Waals surface area contributed by atoms with E-state index < -0.39 is 0 Å². The highest BCUT2D eigenvalue weighted by Gasteiger charge is 2.21. The van der Waals surface area contributed by atoms with Gasteiger partial charge in [0, 0.05) is 36.3 Å². The number of pyridine rings is 1. The van der Waals surface area contributed by atoms with Crippen LogP contribution in [0.2, 0.25) is 0 Å². The molecule has 2 aromatic carbocycles. The molecule has 7 nitrogen and oxygen atoms in total. The number of nitrogens with one attached hydrogen (secondary N) is 1. The van der Waals surface area contributed by atoms with Gasteiger partial charge in [0.2, 0.25) is 6.79 Å². The van der Waals surface area contributed by atoms with Gasteiger partial charge in [-0.15, -0.1) is 0 Å². The molecule has 7 heteroatoms. The molecular weight excluding hydrogens is 442 g/mol. The number of para-hydroxylation sites is 1. The first-order chi connectivity index (χ1) is 17.1. The molecule has 2 aliphatic rings. The molecule has 2 aliphatic heterocycles. The summed E-state index contributed by atoms with van der Waals surface area (Å²) in [7, 11) is 1.58. The van der Waals surface area contributed by atoms with Gasteiger partial charge in [-0.1, -0.05) is 18.6 Å². The summed E-state index contributed by atoms with van der Waals surface area (Å²) in [5.41, 5.74) is 3.19. The van der Waals surface area contributed by atoms with Crippen molar-refractivity contribution in [3.05, 3.63) is 48.5 Å². The van der Waals surface area contributed by atoms with E-state index in [9.17, 15) is 5.11 Å². The van der Waals surface area contributed by atoms with Crippen molar-refractivity contribution < 1.29 is 19.3 Å². The summed E-state index contributed by atoms with van der Waals surface area (Å²) in [6.07, 6.45) is 4.96. The second-order valence-electron chi connectivity index (χ2n) is 9.21. The molecule has 1 aromatic heterocycles. The van der Waals surface area contributed by atoms with Crippen LogP contribution in [0.25, 0.3) is 22.4 Å². The zero-order valence-electron chi connectivity index (χ0n) is 20.4. The smallest absolute Gasteiger partial charge is 0.231 e. The van der Waals surface area contributed by atoms with Crippen LogP contribution in [0, 0.1) is 0 Å². The lowest BCUT2D eigenvalue weighted by molar-refractivity contribution is 0.160. The van der Waals surface area contributed by atoms with Gasteiger partial charge in [0.15, 0.2) is 11.5 Å². The van der Waals surface area contributed by atoms with Crippen LogP contribution in [0.15, 0.2) is 48.5 Å². The van der Waals surface area contributed by atoms with E-state index in [2.05, 4.69) is 17.1 Å². The molecule has 0 amide bonds. The van der Waals surface area contributed by atoms with Gasteiger partial charge in [-0.3, -0.25) is 0 Å². The molecule has 2 N–H and O–H groups in total. The Labute approximate surface area is 206 Å². The highest BCUT2D eigenvalue weighted by molar-refractivity contribution is 5.81. The van der Waals surface area contributed by atoms with Crippen LogP contribution in [0.3, 0.4) is 0 Å². The number of benzene rings is 2. The zero-order chi connectivity index (χ0) is 24.2. The lowest BCUT2D eigenvalue weighted by Crippen LogP contribution is -2.38. The van der Waals surface area contributed by atoms with Crippen molar-refractivity contribution in [2.45, 2.75) is 38.6 Å². The molecule has 0 spiro atoms. The predicted octanol–water partition coefficient (Wildman–Crippen LogP) is 5.53. The molecule has 3 heterocycles. The topological polar surface area (TPSA) is 76.1 Å². The number of phenols is 1. The van der Waals surface area contributed by atoms with E-state index in [1.165, 1.54) is 25.8 Å². The molecule has 5 rings (SSSR count). The molecule has 0 aliphatic carbocycles. The highest BCUT2D eigenvalue weighted by atomic mass is 16.7. The number of fused-ring (bicyclic) bond motifs is 1. The molecule has 1 saturated heterocycles. The second-order valence-corrected chi connectivity index (χ2v) is 9.21. The SMILES string of the molecule is COc1ccc(-c2cc(-c3cccc4c3OCO4)cc(NCCCN3CCCCC3C)n2)c(O)c1. The third kappa shape index (κ3) is 5.15. The molecular formula is C28H33N3O4. The van der Waals surface area contributed by atoms with Gasteiger partial charge >= 0.3 is 0 Å². The quantitative estimate of drug-likeness (QED) is 0.415. The number of nitrogens with zero attached hydrogens (tertiary/aromatic N) is 2. The van der Waals surface area contributed by atoms with E-state index >= 15 is 0 Å². The molecule has 1 unspecified atom stereocenters. The fraction of sp³-hybridized carbons (Fsp3) is 0.393. The third-order valence-electron chi connectivity index (χ3n) is 6.88. The number of aromatic hydroxyl groups is 1. The summed E-state index contributed by atoms with van der Waals surface area (Å²) in [4.78, 5) is 7.42. The Balaban J connectivity index is 1.42. The summed E-state index contributed by atoms with van der Waals surface area (Å²) < 4.78 is 16.6. The number of hydrogen-bond acceptors (Lipinski definition) is 7. The maximum Gasteiger partial charge on any atom is 0.231 e. The van der Waals surface area contributed by atoms with Gasteiger partial charge in [-0.25, -0.2) is 4.98 Å². The first kappa shape index (κ1) is 23.3. The number of likely N-dealkylation sites (tertiary alicyclic amines) is 1. The molecule has 0 saturated carbocycles. The average molecular weight is 476 g/mol. The molecule has 1 atom stereocenters. The number of aromatic nitrogens is 1. The number of methoxy groups -OCH3 is 1. The Kier molecular flexibility index (Phi) is 6.95. The van der Waals surface area contributed by atoms with Crippen LogP contribution in [0.5, 0.6) is 23.0 Å². The van der Waals surface area contributed by atoms with Crippen molar-refractivity contribution in [3.8, 4) is 45.4 Å². The Morgan fingerprint density at radius 2 is 2.03 bits per heavy atom. The van der Waals surface area contributed by atoms with Crippen molar-refractivity contribution in [1.82, 2.24) is 9.88 Å². The summed E-state index contributed by atoms with van der Waals surface area (Å²) in [5, 5.41) is 14.2. The number of piperidine rings is 1. The maximum absolute atomic E-state index is 10.7. The Morgan fingerprint density at radius 3 is 2.86 bits per heavy atom. The number of hydrogen-bond donors (Lipinski definition) is 2. The summed E-state index contributed by atoms with van der Waals surface area (Å²) in [6.45, 7) is 5.63. The lowest BCUT2D eigenvalue weighted by atomic mass is 10.0. The Hall–Kier alpha value is -3.45. The van der Waals surface area contributed by atoms with Gasteiger partial charge < -0.3 is 29.5 Å². The molecule has 0 radical (unpaired) electrons. The molecule has 1 fully saturated rings. The minimum Gasteiger partial charge on any atom is -0.507 e. The standard InChI is InChI=1S/C28H33N3O4/c1-19-7-3-4-13-31(19)14-6-12-29-27-16-20(22-8-5-9-26-28(22)35-18-34-26)15-24(30-27)23-11-10-21(33-2)17-25(23)32/h5,8-11,15-17,19,32H,3-4,6-7,12-14,18H2,1-2H3,(H,29,30). The number of ether oxygens (including phenoxy) is 3. The summed E-state index contributed by atoms with van der Waals surface area (Å²) in [5.74, 6) is 2.94. The van der Waals surface area contributed by atoms with Crippen molar-refractivity contribution in [2.75, 3.05) is 38.9 Å². The van der Waals surface area contributed by atoms with Gasteiger partial charge in [0.05, 0.1) is 12.8 Å². The second kappa shape index (κ2) is 10.4. The first-order valence-corrected chi connectivity index (χ1v) is 12.4. The van der Waals surface area contributed by atoms with E-state index in [0.717, 1.165) is 48.0 Å². The van der Waals surface area contributed by atoms with E-state index in [-0.39, 0.29) is 12.5 Å². The molecule has 3 aromatic rings. The molecule has 0 bridgehead atoms. The van der Waals surface area contributed by atoms with Gasteiger partial charge in [0.25, 0.3) is 0 Å². The largest absolute Gasteiger partial charge is 0.507 e. The fourth-order valence-corrected chi connectivity index (χ4v) is 4.92. The van der Waals surface area contributed by atoms with Gasteiger partial charge in [-0.05, 0) is 68.6 Å². The van der Waals surface area contributed by atoms with Gasteiger partial charge in [0.1, 0.15) is 17.3 Å². The van der Waals surface area contributed by atoms with Crippen molar-refractivity contribution in [1.29, 1.82) is 0 Å². The van der Waals surface area contributed by atoms with E-state index in [0.29, 0.717) is 23.0 Å². The van der Waals surface area contributed by atoms with Crippen molar-refractivity contribution in [3.63, 3.8) is 0 Å². The fourth-order valence-electron chi connectivity index (χ4n) is 4.92. The van der Waals surface area contributed by atoms with Crippen molar-refractivity contribution >= 4 is 5.82 Å². The predicted molar refractivity (Wildman–Crippen MR) is 137 cm³/mol. The molecule has 184 valence electrons. The van der Waals surface area contributed by atoms with Gasteiger partial charge in [-0.2, -0.15) is 0 Å².